The lowest BCUT2D eigenvalue weighted by Crippen LogP contribution is -2.32. The van der Waals surface area contributed by atoms with Crippen molar-refractivity contribution in [1.29, 1.82) is 0 Å². The van der Waals surface area contributed by atoms with E-state index in [0.717, 1.165) is 16.0 Å². The van der Waals surface area contributed by atoms with Gasteiger partial charge in [0, 0.05) is 28.1 Å². The zero-order valence-electron chi connectivity index (χ0n) is 28.4. The summed E-state index contributed by atoms with van der Waals surface area (Å²) in [6, 6.07) is 16.7. The molecular formula is C38H34ClFN4O6S2. The Morgan fingerprint density at radius 3 is 2.56 bits per heavy atom. The molecule has 52 heavy (non-hydrogen) atoms. The van der Waals surface area contributed by atoms with Crippen molar-refractivity contribution < 1.29 is 33.6 Å². The number of ether oxygens (including phenoxy) is 3. The third kappa shape index (κ3) is 8.03. The Morgan fingerprint density at radius 2 is 1.83 bits per heavy atom. The van der Waals surface area contributed by atoms with Gasteiger partial charge in [-0.1, -0.05) is 53.7 Å². The van der Waals surface area contributed by atoms with Crippen molar-refractivity contribution in [3.05, 3.63) is 112 Å². The molecule has 14 heteroatoms. The first-order valence-corrected chi connectivity index (χ1v) is 18.6. The zero-order valence-corrected chi connectivity index (χ0v) is 30.8. The Bertz CT molecular complexity index is 2220. The highest BCUT2D eigenvalue weighted by Gasteiger charge is 2.29. The van der Waals surface area contributed by atoms with Gasteiger partial charge in [0.1, 0.15) is 29.3 Å². The second-order valence-electron chi connectivity index (χ2n) is 11.5. The van der Waals surface area contributed by atoms with Crippen LogP contribution in [0.5, 0.6) is 11.6 Å². The minimum Gasteiger partial charge on any atom is -0.487 e. The number of aromatic nitrogens is 4. The van der Waals surface area contributed by atoms with Gasteiger partial charge < -0.3 is 24.4 Å². The molecule has 0 fully saturated rings. The summed E-state index contributed by atoms with van der Waals surface area (Å²) in [6.45, 7) is 3.33. The third-order valence-electron chi connectivity index (χ3n) is 8.23. The Kier molecular flexibility index (Phi) is 12.0. The highest BCUT2D eigenvalue weighted by Crippen LogP contribution is 2.49. The second kappa shape index (κ2) is 16.8. The molecule has 0 amide bonds. The predicted octanol–water partition coefficient (Wildman–Crippen LogP) is 7.75. The Balaban J connectivity index is 1.45. The number of fused-ring (bicyclic) bond motifs is 1. The Morgan fingerprint density at radius 1 is 1.02 bits per heavy atom. The molecule has 0 bridgehead atoms. The quantitative estimate of drug-likeness (QED) is 0.0641. The molecule has 0 aliphatic rings. The van der Waals surface area contributed by atoms with Gasteiger partial charge in [-0.25, -0.2) is 29.1 Å². The summed E-state index contributed by atoms with van der Waals surface area (Å²) >= 11 is 9.51. The molecule has 3 aromatic carbocycles. The molecule has 0 aliphatic carbocycles. The van der Waals surface area contributed by atoms with E-state index < -0.39 is 12.1 Å². The molecule has 1 atom stereocenters. The molecule has 6 aromatic rings. The fourth-order valence-corrected chi connectivity index (χ4v) is 7.42. The summed E-state index contributed by atoms with van der Waals surface area (Å²) in [6.07, 6.45) is 3.72. The smallest absolute Gasteiger partial charge is 0.347 e. The number of carbonyl (C=O) groups is 1. The van der Waals surface area contributed by atoms with Crippen LogP contribution < -0.4 is 9.47 Å². The number of esters is 1. The van der Waals surface area contributed by atoms with E-state index in [2.05, 4.69) is 19.9 Å². The van der Waals surface area contributed by atoms with Crippen molar-refractivity contribution in [2.75, 3.05) is 12.9 Å². The van der Waals surface area contributed by atoms with Gasteiger partial charge in [-0.3, -0.25) is 0 Å². The number of halogens is 2. The maximum absolute atomic E-state index is 14.0. The molecule has 0 saturated carbocycles. The number of thiophene rings is 1. The van der Waals surface area contributed by atoms with Crippen molar-refractivity contribution in [2.24, 2.45) is 0 Å². The van der Waals surface area contributed by atoms with Crippen molar-refractivity contribution in [1.82, 2.24) is 19.9 Å². The second-order valence-corrected chi connectivity index (χ2v) is 13.7. The van der Waals surface area contributed by atoms with E-state index in [0.29, 0.717) is 59.7 Å². The fourth-order valence-electron chi connectivity index (χ4n) is 5.67. The van der Waals surface area contributed by atoms with Crippen LogP contribution in [0.4, 0.5) is 4.39 Å². The molecule has 268 valence electrons. The van der Waals surface area contributed by atoms with E-state index in [-0.39, 0.29) is 44.5 Å². The number of carbonyl (C=O) groups excluding carboxylic acids is 1. The van der Waals surface area contributed by atoms with Crippen LogP contribution in [0.2, 0.25) is 5.02 Å². The van der Waals surface area contributed by atoms with Crippen molar-refractivity contribution >= 4 is 50.9 Å². The largest absolute Gasteiger partial charge is 0.487 e. The minimum absolute atomic E-state index is 0.00762. The average molecular weight is 761 g/mol. The molecule has 3 aromatic heterocycles. The van der Waals surface area contributed by atoms with Crippen LogP contribution in [-0.2, 0) is 35.8 Å². The zero-order chi connectivity index (χ0) is 36.8. The molecule has 0 saturated heterocycles. The van der Waals surface area contributed by atoms with Gasteiger partial charge in [-0.2, -0.15) is 0 Å². The third-order valence-corrected chi connectivity index (χ3v) is 10.5. The highest BCUT2D eigenvalue weighted by atomic mass is 35.5. The molecule has 0 radical (unpaired) electrons. The molecule has 6 rings (SSSR count). The monoisotopic (exact) mass is 760 g/mol. The van der Waals surface area contributed by atoms with Crippen LogP contribution in [0, 0.1) is 12.7 Å². The first-order valence-electron chi connectivity index (χ1n) is 16.2. The fraction of sp³-hybridized carbons (Fsp3) is 0.237. The summed E-state index contributed by atoms with van der Waals surface area (Å²) in [5.74, 6) is -0.418. The summed E-state index contributed by atoms with van der Waals surface area (Å²) in [5.41, 5.74) is 5.26. The molecule has 10 nitrogen and oxygen atoms in total. The van der Waals surface area contributed by atoms with Crippen molar-refractivity contribution in [3.8, 4) is 33.2 Å². The lowest BCUT2D eigenvalue weighted by molar-refractivity contribution is -0.151. The maximum atomic E-state index is 14.0. The van der Waals surface area contributed by atoms with Gasteiger partial charge in [0.2, 0.25) is 12.0 Å². The summed E-state index contributed by atoms with van der Waals surface area (Å²) in [5, 5.41) is 21.4. The predicted molar refractivity (Wildman–Crippen MR) is 199 cm³/mol. The minimum atomic E-state index is -1.19. The number of nitrogens with zero attached hydrogens (tertiary/aromatic N) is 4. The number of hydrogen-bond acceptors (Lipinski definition) is 12. The SMILES string of the molecule is CCOC(=O)[C@@H](Cc1cc(CO)ccc1OCc1ccnc(SC)n1)Oc1ncnc2sc(-c3ccc(F)cc3)c(-c3ccc(CO)c(Cl)c3C)c12. The number of aliphatic hydroxyl groups is 2. The lowest BCUT2D eigenvalue weighted by Gasteiger charge is -2.20. The number of hydrogen-bond donors (Lipinski definition) is 2. The topological polar surface area (TPSA) is 137 Å². The van der Waals surface area contributed by atoms with E-state index in [1.165, 1.54) is 41.6 Å². The summed E-state index contributed by atoms with van der Waals surface area (Å²) in [7, 11) is 0. The number of rotatable bonds is 14. The molecule has 2 N–H and O–H groups in total. The van der Waals surface area contributed by atoms with Crippen LogP contribution in [0.25, 0.3) is 31.8 Å². The van der Waals surface area contributed by atoms with Gasteiger partial charge in [-0.15, -0.1) is 11.3 Å². The van der Waals surface area contributed by atoms with Gasteiger partial charge in [0.05, 0.1) is 30.9 Å². The molecule has 3 heterocycles. The van der Waals surface area contributed by atoms with Crippen molar-refractivity contribution in [3.63, 3.8) is 0 Å². The Hall–Kier alpha value is -4.66. The number of aliphatic hydroxyl groups excluding tert-OH is 2. The summed E-state index contributed by atoms with van der Waals surface area (Å²) in [4.78, 5) is 32.7. The van der Waals surface area contributed by atoms with Crippen LogP contribution >= 0.6 is 34.7 Å². The van der Waals surface area contributed by atoms with E-state index in [9.17, 15) is 19.4 Å². The van der Waals surface area contributed by atoms with E-state index in [1.54, 1.807) is 55.6 Å². The lowest BCUT2D eigenvalue weighted by atomic mass is 9.94. The molecule has 0 spiro atoms. The normalized spacial score (nSPS) is 11.8. The molecule has 0 unspecified atom stereocenters. The van der Waals surface area contributed by atoms with E-state index in [4.69, 9.17) is 25.8 Å². The molecule has 0 aliphatic heterocycles. The van der Waals surface area contributed by atoms with Crippen LogP contribution in [0.15, 0.2) is 78.3 Å². The van der Waals surface area contributed by atoms with Gasteiger partial charge in [-0.05, 0) is 83.8 Å². The number of benzene rings is 3. The average Bonchev–Trinajstić information content (AvgIpc) is 3.55. The standard InChI is InChI=1S/C38H34ClFN4O6S2/c1-4-48-37(47)30(16-25-15-22(17-45)5-12-29(25)49-19-27-13-14-41-38(44-27)51-3)50-35-32-31(28-11-8-24(18-46)33(39)21(28)2)34(52-36(32)43-20-42-35)23-6-9-26(40)10-7-23/h5-15,20,30,45-46H,4,16-19H2,1-3H3/t30-/m1/s1. The van der Waals surface area contributed by atoms with Gasteiger partial charge >= 0.3 is 5.97 Å². The van der Waals surface area contributed by atoms with Crippen LogP contribution in [-0.4, -0.2) is 55.1 Å². The van der Waals surface area contributed by atoms with Gasteiger partial charge in [0.15, 0.2) is 5.16 Å². The van der Waals surface area contributed by atoms with E-state index >= 15 is 0 Å². The van der Waals surface area contributed by atoms with Crippen LogP contribution in [0.1, 0.15) is 34.9 Å². The number of thioether (sulfide) groups is 1. The summed E-state index contributed by atoms with van der Waals surface area (Å²) < 4.78 is 32.2. The van der Waals surface area contributed by atoms with Gasteiger partial charge in [0.25, 0.3) is 0 Å². The van der Waals surface area contributed by atoms with Crippen LogP contribution in [0.3, 0.4) is 0 Å². The first-order chi connectivity index (χ1) is 25.2. The maximum Gasteiger partial charge on any atom is 0.347 e. The van der Waals surface area contributed by atoms with Crippen molar-refractivity contribution in [2.45, 2.75) is 51.3 Å². The van der Waals surface area contributed by atoms with E-state index in [1.807, 2.05) is 19.2 Å². The Labute approximate surface area is 312 Å². The molecular weight excluding hydrogens is 727 g/mol. The first kappa shape index (κ1) is 37.1. The highest BCUT2D eigenvalue weighted by molar-refractivity contribution is 7.98.